The van der Waals surface area contributed by atoms with E-state index in [4.69, 9.17) is 5.73 Å². The van der Waals surface area contributed by atoms with Crippen LogP contribution < -0.4 is 5.73 Å². The van der Waals surface area contributed by atoms with Gasteiger partial charge in [-0.3, -0.25) is 9.78 Å². The summed E-state index contributed by atoms with van der Waals surface area (Å²) in [7, 11) is 0. The predicted octanol–water partition coefficient (Wildman–Crippen LogP) is 2.76. The van der Waals surface area contributed by atoms with Crippen molar-refractivity contribution in [3.05, 3.63) is 29.6 Å². The molecule has 0 saturated heterocycles. The molecule has 112 valence electrons. The molecule has 1 amide bonds. The Hall–Kier alpha value is -1.13. The first-order valence-electron chi connectivity index (χ1n) is 7.22. The summed E-state index contributed by atoms with van der Waals surface area (Å²) in [5.41, 5.74) is 7.06. The standard InChI is InChI=1S/C15H23N3O.ClH/c1-2-18(14-6-4-3-5-7-14)15(19)12-8-9-17-13(10-12)11-16;/h8-10,14H,2-7,11,16H2,1H3;1H. The van der Waals surface area contributed by atoms with E-state index in [0.29, 0.717) is 18.2 Å². The molecular weight excluding hydrogens is 274 g/mol. The number of rotatable bonds is 4. The SMILES string of the molecule is CCN(C(=O)c1ccnc(CN)c1)C1CCCCC1.Cl. The van der Waals surface area contributed by atoms with Crippen molar-refractivity contribution in [3.63, 3.8) is 0 Å². The topological polar surface area (TPSA) is 59.2 Å². The summed E-state index contributed by atoms with van der Waals surface area (Å²) in [6.45, 7) is 3.19. The van der Waals surface area contributed by atoms with Crippen LogP contribution in [-0.4, -0.2) is 28.4 Å². The van der Waals surface area contributed by atoms with Gasteiger partial charge in [0.15, 0.2) is 0 Å². The van der Waals surface area contributed by atoms with E-state index in [2.05, 4.69) is 11.9 Å². The van der Waals surface area contributed by atoms with Crippen molar-refractivity contribution in [1.29, 1.82) is 0 Å². The third-order valence-corrected chi connectivity index (χ3v) is 3.89. The molecule has 4 nitrogen and oxygen atoms in total. The molecule has 0 atom stereocenters. The molecule has 0 unspecified atom stereocenters. The molecule has 0 radical (unpaired) electrons. The molecule has 20 heavy (non-hydrogen) atoms. The molecular formula is C15H24ClN3O. The zero-order chi connectivity index (χ0) is 13.7. The van der Waals surface area contributed by atoms with Crippen LogP contribution in [-0.2, 0) is 6.54 Å². The third-order valence-electron chi connectivity index (χ3n) is 3.89. The minimum atomic E-state index is 0. The normalized spacial score (nSPS) is 15.5. The van der Waals surface area contributed by atoms with E-state index in [9.17, 15) is 4.79 Å². The Balaban J connectivity index is 0.00000200. The number of nitrogens with two attached hydrogens (primary N) is 1. The van der Waals surface area contributed by atoms with Crippen LogP contribution in [0.2, 0.25) is 0 Å². The van der Waals surface area contributed by atoms with Crippen LogP contribution in [0.25, 0.3) is 0 Å². The summed E-state index contributed by atoms with van der Waals surface area (Å²) < 4.78 is 0. The number of halogens is 1. The molecule has 1 aliphatic carbocycles. The van der Waals surface area contributed by atoms with Crippen molar-refractivity contribution < 1.29 is 4.79 Å². The molecule has 1 heterocycles. The Labute approximate surface area is 127 Å². The van der Waals surface area contributed by atoms with E-state index in [0.717, 1.165) is 25.1 Å². The number of pyridine rings is 1. The molecule has 0 aliphatic heterocycles. The van der Waals surface area contributed by atoms with E-state index in [1.807, 2.05) is 11.0 Å². The first-order valence-corrected chi connectivity index (χ1v) is 7.22. The number of nitrogens with zero attached hydrogens (tertiary/aromatic N) is 2. The highest BCUT2D eigenvalue weighted by molar-refractivity contribution is 5.94. The maximum absolute atomic E-state index is 12.6. The van der Waals surface area contributed by atoms with Crippen molar-refractivity contribution in [2.45, 2.75) is 51.6 Å². The van der Waals surface area contributed by atoms with Crippen LogP contribution in [0.5, 0.6) is 0 Å². The smallest absolute Gasteiger partial charge is 0.254 e. The van der Waals surface area contributed by atoms with Crippen LogP contribution in [0.1, 0.15) is 55.1 Å². The van der Waals surface area contributed by atoms with Gasteiger partial charge in [-0.1, -0.05) is 19.3 Å². The van der Waals surface area contributed by atoms with Gasteiger partial charge in [0.1, 0.15) is 0 Å². The highest BCUT2D eigenvalue weighted by Gasteiger charge is 2.24. The highest BCUT2D eigenvalue weighted by Crippen LogP contribution is 2.23. The second-order valence-electron chi connectivity index (χ2n) is 5.12. The number of amides is 1. The molecule has 2 rings (SSSR count). The maximum atomic E-state index is 12.6. The molecule has 0 bridgehead atoms. The van der Waals surface area contributed by atoms with Crippen molar-refractivity contribution in [2.75, 3.05) is 6.54 Å². The Morgan fingerprint density at radius 2 is 2.10 bits per heavy atom. The zero-order valence-electron chi connectivity index (χ0n) is 12.0. The van der Waals surface area contributed by atoms with Crippen LogP contribution in [0.4, 0.5) is 0 Å². The monoisotopic (exact) mass is 297 g/mol. The molecule has 1 aromatic heterocycles. The first kappa shape index (κ1) is 16.9. The van der Waals surface area contributed by atoms with Gasteiger partial charge in [-0.05, 0) is 31.9 Å². The van der Waals surface area contributed by atoms with Gasteiger partial charge in [-0.25, -0.2) is 0 Å². The molecule has 5 heteroatoms. The lowest BCUT2D eigenvalue weighted by atomic mass is 9.93. The van der Waals surface area contributed by atoms with Crippen molar-refractivity contribution in [2.24, 2.45) is 5.73 Å². The van der Waals surface area contributed by atoms with E-state index in [1.54, 1.807) is 12.3 Å². The number of hydrogen-bond donors (Lipinski definition) is 1. The quantitative estimate of drug-likeness (QED) is 0.929. The number of aromatic nitrogens is 1. The summed E-state index contributed by atoms with van der Waals surface area (Å²) >= 11 is 0. The average molecular weight is 298 g/mol. The maximum Gasteiger partial charge on any atom is 0.254 e. The lowest BCUT2D eigenvalue weighted by Gasteiger charge is -2.33. The third kappa shape index (κ3) is 3.93. The number of hydrogen-bond acceptors (Lipinski definition) is 3. The Morgan fingerprint density at radius 1 is 1.40 bits per heavy atom. The fourth-order valence-corrected chi connectivity index (χ4v) is 2.85. The van der Waals surface area contributed by atoms with Crippen LogP contribution in [0.3, 0.4) is 0 Å². The molecule has 1 fully saturated rings. The average Bonchev–Trinajstić information content (AvgIpc) is 2.49. The van der Waals surface area contributed by atoms with Gasteiger partial charge in [-0.2, -0.15) is 0 Å². The van der Waals surface area contributed by atoms with E-state index in [1.165, 1.54) is 19.3 Å². The van der Waals surface area contributed by atoms with Gasteiger partial charge in [0.05, 0.1) is 5.69 Å². The van der Waals surface area contributed by atoms with Crippen molar-refractivity contribution >= 4 is 18.3 Å². The number of carbonyl (C=O) groups excluding carboxylic acids is 1. The number of carbonyl (C=O) groups is 1. The fraction of sp³-hybridized carbons (Fsp3) is 0.600. The molecule has 0 aromatic carbocycles. The summed E-state index contributed by atoms with van der Waals surface area (Å²) in [5, 5.41) is 0. The molecule has 1 saturated carbocycles. The van der Waals surface area contributed by atoms with Crippen LogP contribution in [0.15, 0.2) is 18.3 Å². The summed E-state index contributed by atoms with van der Waals surface area (Å²) in [6.07, 6.45) is 7.71. The van der Waals surface area contributed by atoms with E-state index >= 15 is 0 Å². The van der Waals surface area contributed by atoms with Crippen LogP contribution in [0, 0.1) is 0 Å². The Bertz CT molecular complexity index is 433. The van der Waals surface area contributed by atoms with Crippen molar-refractivity contribution in [3.8, 4) is 0 Å². The second-order valence-corrected chi connectivity index (χ2v) is 5.12. The molecule has 1 aromatic rings. The van der Waals surface area contributed by atoms with E-state index in [-0.39, 0.29) is 18.3 Å². The summed E-state index contributed by atoms with van der Waals surface area (Å²) in [6, 6.07) is 4.00. The Kier molecular flexibility index (Phi) is 6.96. The van der Waals surface area contributed by atoms with Gasteiger partial charge in [0.2, 0.25) is 0 Å². The minimum Gasteiger partial charge on any atom is -0.336 e. The lowest BCUT2D eigenvalue weighted by molar-refractivity contribution is 0.0647. The summed E-state index contributed by atoms with van der Waals surface area (Å²) in [4.78, 5) is 18.8. The predicted molar refractivity (Wildman–Crippen MR) is 83.0 cm³/mol. The van der Waals surface area contributed by atoms with Gasteiger partial charge < -0.3 is 10.6 Å². The highest BCUT2D eigenvalue weighted by atomic mass is 35.5. The van der Waals surface area contributed by atoms with Gasteiger partial charge in [0, 0.05) is 30.9 Å². The summed E-state index contributed by atoms with van der Waals surface area (Å²) in [5.74, 6) is 0.117. The molecule has 1 aliphatic rings. The molecule has 2 N–H and O–H groups in total. The fourth-order valence-electron chi connectivity index (χ4n) is 2.85. The minimum absolute atomic E-state index is 0. The first-order chi connectivity index (χ1) is 9.26. The lowest BCUT2D eigenvalue weighted by Crippen LogP contribution is -2.41. The van der Waals surface area contributed by atoms with E-state index < -0.39 is 0 Å². The second kappa shape index (κ2) is 8.22. The van der Waals surface area contributed by atoms with Gasteiger partial charge in [-0.15, -0.1) is 12.4 Å². The van der Waals surface area contributed by atoms with Crippen LogP contribution >= 0.6 is 12.4 Å². The zero-order valence-corrected chi connectivity index (χ0v) is 12.9. The Morgan fingerprint density at radius 3 is 2.70 bits per heavy atom. The largest absolute Gasteiger partial charge is 0.336 e. The van der Waals surface area contributed by atoms with Crippen molar-refractivity contribution in [1.82, 2.24) is 9.88 Å². The van der Waals surface area contributed by atoms with Gasteiger partial charge >= 0.3 is 0 Å². The van der Waals surface area contributed by atoms with Gasteiger partial charge in [0.25, 0.3) is 5.91 Å². The molecule has 0 spiro atoms.